The summed E-state index contributed by atoms with van der Waals surface area (Å²) in [6.07, 6.45) is 0. The summed E-state index contributed by atoms with van der Waals surface area (Å²) in [4.78, 5) is 12.4. The van der Waals surface area contributed by atoms with E-state index in [1.165, 1.54) is 4.90 Å². The Hall–Kier alpha value is -1.74. The van der Waals surface area contributed by atoms with Gasteiger partial charge in [-0.05, 0) is 55.5 Å². The van der Waals surface area contributed by atoms with E-state index in [9.17, 15) is 4.79 Å². The number of carbonyl (C=O) groups excluding carboxylic acids is 1. The highest BCUT2D eigenvalue weighted by Crippen LogP contribution is 2.33. The second-order valence-electron chi connectivity index (χ2n) is 5.87. The zero-order valence-corrected chi connectivity index (χ0v) is 13.7. The lowest BCUT2D eigenvalue weighted by Crippen LogP contribution is -2.06. The van der Waals surface area contributed by atoms with Crippen LogP contribution in [0, 0.1) is 0 Å². The first kappa shape index (κ1) is 15.6. The van der Waals surface area contributed by atoms with E-state index < -0.39 is 0 Å². The molecule has 0 atom stereocenters. The van der Waals surface area contributed by atoms with Crippen LogP contribution in [-0.4, -0.2) is 10.5 Å². The van der Waals surface area contributed by atoms with Crippen molar-refractivity contribution in [3.05, 3.63) is 54.1 Å². The number of thioether (sulfide) groups is 1. The van der Waals surface area contributed by atoms with Crippen molar-refractivity contribution in [3.63, 3.8) is 0 Å². The zero-order valence-electron chi connectivity index (χ0n) is 12.8. The average Bonchev–Trinajstić information content (AvgIpc) is 2.40. The summed E-state index contributed by atoms with van der Waals surface area (Å²) in [6.45, 7) is 8.14. The number of rotatable bonds is 4. The molecule has 0 aliphatic rings. The third-order valence-electron chi connectivity index (χ3n) is 2.74. The zero-order chi connectivity index (χ0) is 15.5. The van der Waals surface area contributed by atoms with Gasteiger partial charge in [-0.3, -0.25) is 4.79 Å². The third-order valence-corrected chi connectivity index (χ3v) is 3.86. The summed E-state index contributed by atoms with van der Waals surface area (Å²) < 4.78 is 5.98. The predicted octanol–water partition coefficient (Wildman–Crippen LogP) is 5.57. The number of ether oxygens (including phenoxy) is 1. The first-order chi connectivity index (χ1) is 9.83. The minimum Gasteiger partial charge on any atom is -0.457 e. The van der Waals surface area contributed by atoms with Crippen molar-refractivity contribution in [3.8, 4) is 11.5 Å². The molecule has 0 amide bonds. The summed E-state index contributed by atoms with van der Waals surface area (Å²) >= 11 is 1.83. The molecule has 0 bridgehead atoms. The second kappa shape index (κ2) is 6.35. The van der Waals surface area contributed by atoms with Gasteiger partial charge in [0, 0.05) is 15.2 Å². The molecule has 0 fully saturated rings. The molecule has 0 heterocycles. The van der Waals surface area contributed by atoms with Gasteiger partial charge < -0.3 is 4.74 Å². The summed E-state index contributed by atoms with van der Waals surface area (Å²) in [5.74, 6) is 1.59. The topological polar surface area (TPSA) is 26.3 Å². The molecule has 21 heavy (non-hydrogen) atoms. The average molecular weight is 300 g/mol. The van der Waals surface area contributed by atoms with Crippen LogP contribution in [-0.2, 0) is 0 Å². The molecular formula is C18H20O2S. The van der Waals surface area contributed by atoms with Gasteiger partial charge in [-0.25, -0.2) is 0 Å². The highest BCUT2D eigenvalue weighted by molar-refractivity contribution is 8.00. The second-order valence-corrected chi connectivity index (χ2v) is 7.77. The first-order valence-corrected chi connectivity index (χ1v) is 7.73. The number of Topliss-reactive ketones (excluding diaryl/α,β-unsaturated/α-hetero) is 1. The molecule has 0 N–H and O–H groups in total. The first-order valence-electron chi connectivity index (χ1n) is 6.91. The maximum atomic E-state index is 11.2. The van der Waals surface area contributed by atoms with Gasteiger partial charge >= 0.3 is 0 Å². The van der Waals surface area contributed by atoms with Gasteiger partial charge in [0.1, 0.15) is 11.5 Å². The van der Waals surface area contributed by atoms with E-state index >= 15 is 0 Å². The smallest absolute Gasteiger partial charge is 0.159 e. The minimum atomic E-state index is 0.0603. The van der Waals surface area contributed by atoms with Gasteiger partial charge in [-0.2, -0.15) is 0 Å². The van der Waals surface area contributed by atoms with Gasteiger partial charge in [0.15, 0.2) is 5.78 Å². The Morgan fingerprint density at radius 2 is 1.38 bits per heavy atom. The third kappa shape index (κ3) is 4.94. The van der Waals surface area contributed by atoms with Crippen LogP contribution in [0.1, 0.15) is 38.1 Å². The number of ketones is 1. The molecule has 0 aliphatic heterocycles. The Labute approximate surface area is 130 Å². The van der Waals surface area contributed by atoms with E-state index in [1.807, 2.05) is 36.0 Å². The van der Waals surface area contributed by atoms with Gasteiger partial charge in [0.25, 0.3) is 0 Å². The van der Waals surface area contributed by atoms with Gasteiger partial charge in [0.2, 0.25) is 0 Å². The molecule has 3 heteroatoms. The van der Waals surface area contributed by atoms with Crippen LogP contribution in [0.15, 0.2) is 53.4 Å². The van der Waals surface area contributed by atoms with E-state index in [0.29, 0.717) is 5.56 Å². The molecule has 0 unspecified atom stereocenters. The number of hydrogen-bond donors (Lipinski definition) is 0. The molecule has 0 saturated heterocycles. The Bertz CT molecular complexity index is 607. The highest BCUT2D eigenvalue weighted by Gasteiger charge is 2.11. The van der Waals surface area contributed by atoms with Crippen molar-refractivity contribution in [1.82, 2.24) is 0 Å². The van der Waals surface area contributed by atoms with Crippen LogP contribution < -0.4 is 4.74 Å². The number of carbonyl (C=O) groups is 1. The monoisotopic (exact) mass is 300 g/mol. The van der Waals surface area contributed by atoms with E-state index in [-0.39, 0.29) is 10.5 Å². The summed E-state index contributed by atoms with van der Waals surface area (Å²) in [7, 11) is 0. The van der Waals surface area contributed by atoms with E-state index in [1.54, 1.807) is 19.1 Å². The summed E-state index contributed by atoms with van der Waals surface area (Å²) in [6, 6.07) is 15.2. The van der Waals surface area contributed by atoms with Crippen molar-refractivity contribution < 1.29 is 9.53 Å². The maximum absolute atomic E-state index is 11.2. The van der Waals surface area contributed by atoms with Crippen LogP contribution in [0.3, 0.4) is 0 Å². The minimum absolute atomic E-state index is 0.0603. The van der Waals surface area contributed by atoms with Gasteiger partial charge in [-0.1, -0.05) is 20.8 Å². The fourth-order valence-corrected chi connectivity index (χ4v) is 2.80. The molecule has 2 nitrogen and oxygen atoms in total. The molecule has 110 valence electrons. The molecular weight excluding hydrogens is 280 g/mol. The highest BCUT2D eigenvalue weighted by atomic mass is 32.2. The number of benzene rings is 2. The van der Waals surface area contributed by atoms with Crippen LogP contribution in [0.2, 0.25) is 0 Å². The van der Waals surface area contributed by atoms with Crippen molar-refractivity contribution in [1.29, 1.82) is 0 Å². The molecule has 0 saturated carbocycles. The number of hydrogen-bond acceptors (Lipinski definition) is 3. The van der Waals surface area contributed by atoms with Gasteiger partial charge in [-0.15, -0.1) is 11.8 Å². The molecule has 0 aliphatic carbocycles. The lowest BCUT2D eigenvalue weighted by atomic mass is 10.1. The lowest BCUT2D eigenvalue weighted by Gasteiger charge is -2.17. The van der Waals surface area contributed by atoms with Crippen LogP contribution in [0.4, 0.5) is 0 Å². The Morgan fingerprint density at radius 3 is 1.81 bits per heavy atom. The van der Waals surface area contributed by atoms with Gasteiger partial charge in [0.05, 0.1) is 0 Å². The largest absolute Gasteiger partial charge is 0.457 e. The molecule has 0 aromatic heterocycles. The fourth-order valence-electron chi connectivity index (χ4n) is 1.82. The van der Waals surface area contributed by atoms with E-state index in [4.69, 9.17) is 4.74 Å². The predicted molar refractivity (Wildman–Crippen MR) is 88.6 cm³/mol. The van der Waals surface area contributed by atoms with Crippen molar-refractivity contribution >= 4 is 17.5 Å². The Morgan fingerprint density at radius 1 is 0.905 bits per heavy atom. The lowest BCUT2D eigenvalue weighted by molar-refractivity contribution is 0.101. The summed E-state index contributed by atoms with van der Waals surface area (Å²) in [5.41, 5.74) is 0.694. The Kier molecular flexibility index (Phi) is 4.73. The normalized spacial score (nSPS) is 11.2. The van der Waals surface area contributed by atoms with E-state index in [2.05, 4.69) is 32.9 Å². The fraction of sp³-hybridized carbons (Fsp3) is 0.278. The maximum Gasteiger partial charge on any atom is 0.159 e. The van der Waals surface area contributed by atoms with Crippen LogP contribution in [0.25, 0.3) is 0 Å². The molecule has 0 radical (unpaired) electrons. The van der Waals surface area contributed by atoms with E-state index in [0.717, 1.165) is 11.5 Å². The molecule has 2 aromatic carbocycles. The summed E-state index contributed by atoms with van der Waals surface area (Å²) in [5, 5.41) is 0. The quantitative estimate of drug-likeness (QED) is 0.545. The standard InChI is InChI=1S/C18H20O2S/c1-13(19)14-5-7-15(8-6-14)20-16-9-11-17(12-10-16)21-18(2,3)4/h5-12H,1-4H3. The van der Waals surface area contributed by atoms with Crippen molar-refractivity contribution in [2.24, 2.45) is 0 Å². The molecule has 2 rings (SSSR count). The Balaban J connectivity index is 2.04. The van der Waals surface area contributed by atoms with Crippen molar-refractivity contribution in [2.45, 2.75) is 37.3 Å². The van der Waals surface area contributed by atoms with Crippen molar-refractivity contribution in [2.75, 3.05) is 0 Å². The molecule has 0 spiro atoms. The van der Waals surface area contributed by atoms with Crippen LogP contribution >= 0.6 is 11.8 Å². The van der Waals surface area contributed by atoms with Crippen LogP contribution in [0.5, 0.6) is 11.5 Å². The molecule has 2 aromatic rings. The SMILES string of the molecule is CC(=O)c1ccc(Oc2ccc(SC(C)(C)C)cc2)cc1.